The van der Waals surface area contributed by atoms with Gasteiger partial charge in [-0.1, -0.05) is 6.92 Å². The summed E-state index contributed by atoms with van der Waals surface area (Å²) in [6.07, 6.45) is 2.18. The molecular weight excluding hydrogens is 463 g/mol. The third-order valence-electron chi connectivity index (χ3n) is 6.08. The summed E-state index contributed by atoms with van der Waals surface area (Å²) in [6.45, 7) is 4.25. The monoisotopic (exact) mass is 492 g/mol. The molecule has 2 aromatic heterocycles. The van der Waals surface area contributed by atoms with Crippen LogP contribution < -0.4 is 20.9 Å². The Labute approximate surface area is 201 Å². The van der Waals surface area contributed by atoms with E-state index in [2.05, 4.69) is 30.9 Å². The number of ether oxygens (including phenoxy) is 1. The maximum absolute atomic E-state index is 14.8. The highest BCUT2D eigenvalue weighted by Crippen LogP contribution is 2.24. The third-order valence-corrected chi connectivity index (χ3v) is 6.77. The first kappa shape index (κ1) is 24.1. The number of rotatable bonds is 5. The number of aromatic nitrogens is 3. The Morgan fingerprint density at radius 1 is 1.29 bits per heavy atom. The van der Waals surface area contributed by atoms with Crippen molar-refractivity contribution >= 4 is 40.4 Å². The molecule has 0 saturated carbocycles. The molecule has 0 aliphatic carbocycles. The van der Waals surface area contributed by atoms with Crippen LogP contribution in [0.25, 0.3) is 0 Å². The van der Waals surface area contributed by atoms with Gasteiger partial charge in [0.25, 0.3) is 0 Å². The van der Waals surface area contributed by atoms with Gasteiger partial charge in [0.15, 0.2) is 5.13 Å². The molecule has 11 nitrogen and oxygen atoms in total. The van der Waals surface area contributed by atoms with Gasteiger partial charge in [-0.05, 0) is 25.5 Å². The second-order valence-corrected chi connectivity index (χ2v) is 9.37. The fourth-order valence-electron chi connectivity index (χ4n) is 4.07. The predicted octanol–water partition coefficient (Wildman–Crippen LogP) is 2.56. The van der Waals surface area contributed by atoms with Gasteiger partial charge in [-0.15, -0.1) is 11.3 Å². The molecule has 0 unspecified atom stereocenters. The summed E-state index contributed by atoms with van der Waals surface area (Å²) >= 11 is 1.29. The zero-order valence-corrected chi connectivity index (χ0v) is 19.9. The standard InChI is InChI=1S/C21H29FN8O3S/c1-13-11-23-6-3-16(13)33-21(32)27-17-4-7-24-18(26-17)30-9-5-14(22)15(12-30)29(2)20(31)28-19-25-8-10-34-19/h4,7-8,10,13-16,23H,3,5-6,9,11-12H2,1-2H3,(H,25,28,31)(H,24,26,27,32)/t13-,14+,15-,16-/m0/s1. The highest BCUT2D eigenvalue weighted by atomic mass is 32.1. The van der Waals surface area contributed by atoms with Crippen molar-refractivity contribution in [1.82, 2.24) is 25.2 Å². The van der Waals surface area contributed by atoms with Gasteiger partial charge in [0.05, 0.1) is 6.04 Å². The summed E-state index contributed by atoms with van der Waals surface area (Å²) in [4.78, 5) is 40.8. The van der Waals surface area contributed by atoms with Crippen molar-refractivity contribution in [3.05, 3.63) is 23.8 Å². The van der Waals surface area contributed by atoms with Gasteiger partial charge < -0.3 is 19.9 Å². The summed E-state index contributed by atoms with van der Waals surface area (Å²) in [5.41, 5.74) is 0. The maximum atomic E-state index is 14.8. The molecule has 0 aromatic carbocycles. The number of likely N-dealkylation sites (N-methyl/N-ethyl adjacent to an activating group) is 1. The van der Waals surface area contributed by atoms with Crippen LogP contribution in [0, 0.1) is 5.92 Å². The third kappa shape index (κ3) is 5.89. The quantitative estimate of drug-likeness (QED) is 0.582. The largest absolute Gasteiger partial charge is 0.446 e. The van der Waals surface area contributed by atoms with E-state index in [9.17, 15) is 14.0 Å². The Morgan fingerprint density at radius 3 is 2.91 bits per heavy atom. The number of piperidine rings is 2. The lowest BCUT2D eigenvalue weighted by atomic mass is 9.98. The summed E-state index contributed by atoms with van der Waals surface area (Å²) in [5.74, 6) is 0.869. The van der Waals surface area contributed by atoms with Crippen LogP contribution in [0.3, 0.4) is 0 Å². The second-order valence-electron chi connectivity index (χ2n) is 8.48. The van der Waals surface area contributed by atoms with Crippen LogP contribution in [0.5, 0.6) is 0 Å². The second kappa shape index (κ2) is 10.9. The summed E-state index contributed by atoms with van der Waals surface area (Å²) in [7, 11) is 1.56. The van der Waals surface area contributed by atoms with E-state index in [0.29, 0.717) is 23.4 Å². The Morgan fingerprint density at radius 2 is 2.15 bits per heavy atom. The van der Waals surface area contributed by atoms with Crippen LogP contribution in [0.4, 0.5) is 30.9 Å². The number of thiazole rings is 1. The number of amides is 3. The lowest BCUT2D eigenvalue weighted by molar-refractivity contribution is 0.0587. The summed E-state index contributed by atoms with van der Waals surface area (Å²) in [6, 6.07) is 0.444. The lowest BCUT2D eigenvalue weighted by Crippen LogP contribution is -2.55. The molecule has 13 heteroatoms. The van der Waals surface area contributed by atoms with Crippen LogP contribution in [-0.2, 0) is 4.74 Å². The Bertz CT molecular complexity index is 981. The fourth-order valence-corrected chi connectivity index (χ4v) is 4.59. The molecule has 2 fully saturated rings. The average Bonchev–Trinajstić information content (AvgIpc) is 3.33. The first-order valence-electron chi connectivity index (χ1n) is 11.2. The van der Waals surface area contributed by atoms with Gasteiger partial charge in [-0.3, -0.25) is 10.6 Å². The number of nitrogens with zero attached hydrogens (tertiary/aromatic N) is 5. The molecule has 4 heterocycles. The van der Waals surface area contributed by atoms with E-state index < -0.39 is 24.3 Å². The zero-order chi connectivity index (χ0) is 24.1. The van der Waals surface area contributed by atoms with Gasteiger partial charge in [0, 0.05) is 50.4 Å². The minimum atomic E-state index is -1.19. The number of nitrogens with one attached hydrogen (secondary N) is 3. The molecule has 2 aliphatic rings. The van der Waals surface area contributed by atoms with Crippen molar-refractivity contribution < 1.29 is 18.7 Å². The van der Waals surface area contributed by atoms with E-state index in [1.165, 1.54) is 22.4 Å². The van der Waals surface area contributed by atoms with E-state index >= 15 is 0 Å². The van der Waals surface area contributed by atoms with Gasteiger partial charge >= 0.3 is 12.1 Å². The van der Waals surface area contributed by atoms with Gasteiger partial charge in [-0.25, -0.2) is 23.9 Å². The minimum Gasteiger partial charge on any atom is -0.446 e. The molecule has 2 aliphatic heterocycles. The van der Waals surface area contributed by atoms with E-state index in [-0.39, 0.29) is 25.0 Å². The first-order chi connectivity index (χ1) is 16.4. The molecule has 4 rings (SSSR count). The number of halogens is 1. The molecule has 0 spiro atoms. The van der Waals surface area contributed by atoms with Gasteiger partial charge in [0.2, 0.25) is 5.95 Å². The molecule has 2 aromatic rings. The Balaban J connectivity index is 1.37. The van der Waals surface area contributed by atoms with Gasteiger partial charge in [-0.2, -0.15) is 4.98 Å². The van der Waals surface area contributed by atoms with Crippen molar-refractivity contribution in [3.63, 3.8) is 0 Å². The van der Waals surface area contributed by atoms with E-state index in [1.54, 1.807) is 29.6 Å². The number of hydrogen-bond acceptors (Lipinski definition) is 9. The molecule has 0 bridgehead atoms. The Kier molecular flexibility index (Phi) is 7.73. The van der Waals surface area contributed by atoms with Crippen LogP contribution in [0.15, 0.2) is 23.8 Å². The minimum absolute atomic E-state index is 0.155. The topological polar surface area (TPSA) is 125 Å². The normalized spacial score (nSPS) is 24.9. The molecule has 0 radical (unpaired) electrons. The molecule has 3 amide bonds. The average molecular weight is 493 g/mol. The molecule has 3 N–H and O–H groups in total. The van der Waals surface area contributed by atoms with E-state index in [0.717, 1.165) is 19.5 Å². The van der Waals surface area contributed by atoms with Crippen molar-refractivity contribution in [2.75, 3.05) is 48.8 Å². The van der Waals surface area contributed by atoms with Crippen molar-refractivity contribution in [1.29, 1.82) is 0 Å². The molecule has 184 valence electrons. The number of alkyl halides is 1. The van der Waals surface area contributed by atoms with E-state index in [1.807, 2.05) is 6.92 Å². The summed E-state index contributed by atoms with van der Waals surface area (Å²) in [5, 5.41) is 10.8. The fraction of sp³-hybridized carbons (Fsp3) is 0.571. The van der Waals surface area contributed by atoms with Gasteiger partial charge in [0.1, 0.15) is 18.1 Å². The molecule has 4 atom stereocenters. The van der Waals surface area contributed by atoms with Crippen molar-refractivity contribution in [2.24, 2.45) is 5.92 Å². The van der Waals surface area contributed by atoms with Crippen LogP contribution >= 0.6 is 11.3 Å². The maximum Gasteiger partial charge on any atom is 0.413 e. The van der Waals surface area contributed by atoms with E-state index in [4.69, 9.17) is 4.74 Å². The van der Waals surface area contributed by atoms with Crippen molar-refractivity contribution in [2.45, 2.75) is 38.1 Å². The molecular formula is C21H29FN8O3S. The Hall–Kier alpha value is -3.06. The predicted molar refractivity (Wildman–Crippen MR) is 127 cm³/mol. The SMILES string of the molecule is C[C@H]1CNCC[C@@H]1OC(=O)Nc1ccnc(N2CC[C@@H](F)[C@@H](N(C)C(=O)Nc3nccs3)C2)n1. The first-order valence-corrected chi connectivity index (χ1v) is 12.1. The zero-order valence-electron chi connectivity index (χ0n) is 19.1. The highest BCUT2D eigenvalue weighted by Gasteiger charge is 2.35. The summed E-state index contributed by atoms with van der Waals surface area (Å²) < 4.78 is 20.3. The highest BCUT2D eigenvalue weighted by molar-refractivity contribution is 7.13. The molecule has 34 heavy (non-hydrogen) atoms. The number of hydrogen-bond donors (Lipinski definition) is 3. The lowest BCUT2D eigenvalue weighted by Gasteiger charge is -2.39. The smallest absolute Gasteiger partial charge is 0.413 e. The number of urea groups is 1. The van der Waals surface area contributed by atoms with Crippen molar-refractivity contribution in [3.8, 4) is 0 Å². The van der Waals surface area contributed by atoms with Crippen LogP contribution in [-0.4, -0.2) is 83.5 Å². The molecule has 2 saturated heterocycles. The number of carbonyl (C=O) groups excluding carboxylic acids is 2. The van der Waals surface area contributed by atoms with Crippen LogP contribution in [0.1, 0.15) is 19.8 Å². The number of anilines is 3. The number of carbonyl (C=O) groups is 2. The van der Waals surface area contributed by atoms with Crippen LogP contribution in [0.2, 0.25) is 0 Å².